The number of benzene rings is 2. The molecule has 1 aromatic heterocycles. The first kappa shape index (κ1) is 19.3. The predicted octanol–water partition coefficient (Wildman–Crippen LogP) is 3.65. The summed E-state index contributed by atoms with van der Waals surface area (Å²) in [4.78, 5) is 23.4. The summed E-state index contributed by atoms with van der Waals surface area (Å²) in [5.74, 6) is 0.0664. The maximum absolute atomic E-state index is 12.2. The molecule has 0 aliphatic carbocycles. The Labute approximate surface area is 158 Å². The lowest BCUT2D eigenvalue weighted by molar-refractivity contribution is -0.123. The Bertz CT molecular complexity index is 1020. The number of hydrogen-bond donors (Lipinski definition) is 1. The van der Waals surface area contributed by atoms with E-state index in [4.69, 9.17) is 9.15 Å². The normalized spacial score (nSPS) is 12.0. The molecule has 3 rings (SSSR count). The van der Waals surface area contributed by atoms with Crippen LogP contribution in [0.1, 0.15) is 18.5 Å². The smallest absolute Gasteiger partial charge is 0.387 e. The van der Waals surface area contributed by atoms with Gasteiger partial charge in [0.15, 0.2) is 6.61 Å². The molecule has 2 aromatic carbocycles. The van der Waals surface area contributed by atoms with Gasteiger partial charge >= 0.3 is 12.2 Å². The van der Waals surface area contributed by atoms with E-state index in [-0.39, 0.29) is 24.3 Å². The molecule has 1 amide bonds. The van der Waals surface area contributed by atoms with Crippen LogP contribution in [0.25, 0.3) is 11.0 Å². The summed E-state index contributed by atoms with van der Waals surface area (Å²) in [7, 11) is 0. The summed E-state index contributed by atoms with van der Waals surface area (Å²) < 4.78 is 39.1. The van der Waals surface area contributed by atoms with Crippen molar-refractivity contribution < 1.29 is 27.5 Å². The fourth-order valence-corrected chi connectivity index (χ4v) is 2.58. The van der Waals surface area contributed by atoms with Gasteiger partial charge < -0.3 is 19.2 Å². The fraction of sp³-hybridized carbons (Fsp3) is 0.200. The number of fused-ring (bicyclic) bond motifs is 1. The molecule has 0 spiro atoms. The van der Waals surface area contributed by atoms with E-state index in [2.05, 4.69) is 10.1 Å². The molecule has 1 unspecified atom stereocenters. The molecule has 0 bridgehead atoms. The van der Waals surface area contributed by atoms with Gasteiger partial charge in [0.05, 0.1) is 6.04 Å². The highest BCUT2D eigenvalue weighted by Crippen LogP contribution is 2.20. The Hall–Kier alpha value is -3.42. The maximum atomic E-state index is 12.2. The minimum absolute atomic E-state index is 0.0450. The summed E-state index contributed by atoms with van der Waals surface area (Å²) in [6.45, 7) is -1.37. The van der Waals surface area contributed by atoms with Crippen LogP contribution < -0.4 is 20.4 Å². The molecule has 0 aliphatic heterocycles. The zero-order chi connectivity index (χ0) is 20.1. The van der Waals surface area contributed by atoms with Crippen molar-refractivity contribution in [1.29, 1.82) is 0 Å². The Morgan fingerprint density at radius 3 is 2.46 bits per heavy atom. The molecule has 0 saturated heterocycles. The highest BCUT2D eigenvalue weighted by Gasteiger charge is 2.12. The number of halogens is 2. The first-order chi connectivity index (χ1) is 13.4. The van der Waals surface area contributed by atoms with Crippen LogP contribution in [-0.4, -0.2) is 19.1 Å². The molecule has 6 nitrogen and oxygen atoms in total. The number of rotatable bonds is 7. The lowest BCUT2D eigenvalue weighted by Crippen LogP contribution is -2.31. The van der Waals surface area contributed by atoms with Gasteiger partial charge in [-0.25, -0.2) is 4.79 Å². The van der Waals surface area contributed by atoms with Crippen molar-refractivity contribution in [3.63, 3.8) is 0 Å². The van der Waals surface area contributed by atoms with Gasteiger partial charge in [-0.05, 0) is 42.8 Å². The Kier molecular flexibility index (Phi) is 5.88. The van der Waals surface area contributed by atoms with E-state index in [0.717, 1.165) is 10.9 Å². The van der Waals surface area contributed by atoms with Crippen LogP contribution >= 0.6 is 0 Å². The molecule has 3 aromatic rings. The van der Waals surface area contributed by atoms with Crippen molar-refractivity contribution in [3.8, 4) is 11.5 Å². The molecule has 8 heteroatoms. The number of amides is 1. The van der Waals surface area contributed by atoms with Gasteiger partial charge in [0, 0.05) is 17.5 Å². The van der Waals surface area contributed by atoms with Crippen LogP contribution in [0.5, 0.6) is 11.5 Å². The van der Waals surface area contributed by atoms with E-state index in [9.17, 15) is 18.4 Å². The van der Waals surface area contributed by atoms with Gasteiger partial charge in [-0.2, -0.15) is 8.78 Å². The maximum Gasteiger partial charge on any atom is 0.387 e. The average molecular weight is 389 g/mol. The second-order valence-electron chi connectivity index (χ2n) is 5.98. The van der Waals surface area contributed by atoms with Gasteiger partial charge in [0.2, 0.25) is 0 Å². The largest absolute Gasteiger partial charge is 0.484 e. The predicted molar refractivity (Wildman–Crippen MR) is 97.6 cm³/mol. The molecule has 1 atom stereocenters. The van der Waals surface area contributed by atoms with Gasteiger partial charge in [0.25, 0.3) is 5.91 Å². The number of carbonyl (C=O) groups is 1. The second-order valence-corrected chi connectivity index (χ2v) is 5.98. The van der Waals surface area contributed by atoms with E-state index in [0.29, 0.717) is 11.3 Å². The van der Waals surface area contributed by atoms with Gasteiger partial charge in [-0.15, -0.1) is 0 Å². The van der Waals surface area contributed by atoms with Crippen LogP contribution in [0.2, 0.25) is 0 Å². The number of nitrogens with one attached hydrogen (secondary N) is 1. The number of alkyl halides is 2. The van der Waals surface area contributed by atoms with Gasteiger partial charge in [-0.1, -0.05) is 12.1 Å². The Balaban J connectivity index is 1.55. The fourth-order valence-electron chi connectivity index (χ4n) is 2.58. The van der Waals surface area contributed by atoms with Crippen LogP contribution in [0.3, 0.4) is 0 Å². The van der Waals surface area contributed by atoms with Crippen molar-refractivity contribution >= 4 is 16.9 Å². The van der Waals surface area contributed by atoms with E-state index in [1.54, 1.807) is 37.3 Å². The van der Waals surface area contributed by atoms with E-state index < -0.39 is 12.2 Å². The standard InChI is InChI=1S/C20H17F2NO5/c1-12(13-2-6-15(7-3-13)27-20(21)22)23-18(24)11-26-16-8-4-14-5-9-19(25)28-17(14)10-16/h2-10,12,20H,11H2,1H3,(H,23,24). The highest BCUT2D eigenvalue weighted by atomic mass is 19.3. The average Bonchev–Trinajstić information content (AvgIpc) is 2.66. The minimum atomic E-state index is -2.89. The van der Waals surface area contributed by atoms with Crippen molar-refractivity contribution in [2.45, 2.75) is 19.6 Å². The summed E-state index contributed by atoms with van der Waals surface area (Å²) in [6.07, 6.45) is 0. The zero-order valence-corrected chi connectivity index (χ0v) is 14.9. The first-order valence-electron chi connectivity index (χ1n) is 8.41. The molecule has 0 saturated carbocycles. The lowest BCUT2D eigenvalue weighted by Gasteiger charge is -2.15. The van der Waals surface area contributed by atoms with Crippen LogP contribution in [0.15, 0.2) is 63.8 Å². The van der Waals surface area contributed by atoms with Gasteiger partial charge in [-0.3, -0.25) is 4.79 Å². The number of ether oxygens (including phenoxy) is 2. The molecule has 1 heterocycles. The van der Waals surface area contributed by atoms with Crippen molar-refractivity contribution in [2.24, 2.45) is 0 Å². The molecular weight excluding hydrogens is 372 g/mol. The molecule has 0 fully saturated rings. The first-order valence-corrected chi connectivity index (χ1v) is 8.41. The third-order valence-electron chi connectivity index (χ3n) is 3.95. The third kappa shape index (κ3) is 5.06. The number of carbonyl (C=O) groups excluding carboxylic acids is 1. The summed E-state index contributed by atoms with van der Waals surface area (Å²) in [5.41, 5.74) is 0.619. The van der Waals surface area contributed by atoms with Crippen LogP contribution in [-0.2, 0) is 4.79 Å². The molecule has 146 valence electrons. The summed E-state index contributed by atoms with van der Waals surface area (Å²) in [5, 5.41) is 3.49. The number of hydrogen-bond acceptors (Lipinski definition) is 5. The van der Waals surface area contributed by atoms with E-state index >= 15 is 0 Å². The van der Waals surface area contributed by atoms with Crippen LogP contribution in [0.4, 0.5) is 8.78 Å². The Morgan fingerprint density at radius 2 is 1.75 bits per heavy atom. The quantitative estimate of drug-likeness (QED) is 0.624. The SMILES string of the molecule is CC(NC(=O)COc1ccc2ccc(=O)oc2c1)c1ccc(OC(F)F)cc1. The molecular formula is C20H17F2NO5. The van der Waals surface area contributed by atoms with Crippen molar-refractivity contribution in [3.05, 3.63) is 70.6 Å². The minimum Gasteiger partial charge on any atom is -0.484 e. The Morgan fingerprint density at radius 1 is 1.07 bits per heavy atom. The summed E-state index contributed by atoms with van der Waals surface area (Å²) in [6, 6.07) is 13.5. The van der Waals surface area contributed by atoms with Gasteiger partial charge in [0.1, 0.15) is 17.1 Å². The van der Waals surface area contributed by atoms with Crippen molar-refractivity contribution in [2.75, 3.05) is 6.61 Å². The topological polar surface area (TPSA) is 77.8 Å². The molecule has 28 heavy (non-hydrogen) atoms. The van der Waals surface area contributed by atoms with Crippen LogP contribution in [0, 0.1) is 0 Å². The third-order valence-corrected chi connectivity index (χ3v) is 3.95. The lowest BCUT2D eigenvalue weighted by atomic mass is 10.1. The summed E-state index contributed by atoms with van der Waals surface area (Å²) >= 11 is 0. The zero-order valence-electron chi connectivity index (χ0n) is 14.9. The second kappa shape index (κ2) is 8.51. The van der Waals surface area contributed by atoms with E-state index in [1.807, 2.05) is 0 Å². The molecule has 0 radical (unpaired) electrons. The highest BCUT2D eigenvalue weighted by molar-refractivity contribution is 5.79. The van der Waals surface area contributed by atoms with Crippen molar-refractivity contribution in [1.82, 2.24) is 5.32 Å². The molecule has 1 N–H and O–H groups in total. The monoisotopic (exact) mass is 389 g/mol. The molecule has 0 aliphatic rings. The van der Waals surface area contributed by atoms with E-state index in [1.165, 1.54) is 24.3 Å².